The van der Waals surface area contributed by atoms with E-state index >= 15 is 0 Å². The molecule has 0 saturated heterocycles. The molecule has 0 aliphatic carbocycles. The number of carboxylic acids is 1. The second kappa shape index (κ2) is 5.90. The normalized spacial score (nSPS) is 9.67. The van der Waals surface area contributed by atoms with Gasteiger partial charge in [0.1, 0.15) is 5.75 Å². The molecule has 1 aromatic rings. The topological polar surface area (TPSA) is 58.6 Å². The minimum absolute atomic E-state index is 0.191. The Kier molecular flexibility index (Phi) is 4.47. The third-order valence-electron chi connectivity index (χ3n) is 1.97. The molecule has 0 radical (unpaired) electrons. The van der Waals surface area contributed by atoms with Crippen molar-refractivity contribution in [1.82, 2.24) is 0 Å². The van der Waals surface area contributed by atoms with Crippen LogP contribution in [0.15, 0.2) is 24.3 Å². The van der Waals surface area contributed by atoms with Gasteiger partial charge < -0.3 is 15.2 Å². The number of carbonyl (C=O) groups is 1. The SMILES string of the molecule is COc1cccc(NCCCC(=O)O)c1. The van der Waals surface area contributed by atoms with Crippen LogP contribution in [0.25, 0.3) is 0 Å². The molecule has 0 aliphatic rings. The number of hydrogen-bond donors (Lipinski definition) is 2. The van der Waals surface area contributed by atoms with Crippen molar-refractivity contribution >= 4 is 11.7 Å². The number of ether oxygens (including phenoxy) is 1. The lowest BCUT2D eigenvalue weighted by Gasteiger charge is -2.06. The van der Waals surface area contributed by atoms with Crippen LogP contribution in [0.1, 0.15) is 12.8 Å². The van der Waals surface area contributed by atoms with Gasteiger partial charge in [0, 0.05) is 24.7 Å². The maximum Gasteiger partial charge on any atom is 0.303 e. The Morgan fingerprint density at radius 3 is 3.00 bits per heavy atom. The summed E-state index contributed by atoms with van der Waals surface area (Å²) in [5, 5.41) is 11.6. The number of aliphatic carboxylic acids is 1. The summed E-state index contributed by atoms with van der Waals surface area (Å²) in [6, 6.07) is 7.55. The highest BCUT2D eigenvalue weighted by Crippen LogP contribution is 2.16. The molecule has 4 heteroatoms. The Morgan fingerprint density at radius 2 is 2.33 bits per heavy atom. The average Bonchev–Trinajstić information content (AvgIpc) is 2.24. The second-order valence-corrected chi connectivity index (χ2v) is 3.16. The Bertz CT molecular complexity index is 325. The van der Waals surface area contributed by atoms with Crippen molar-refractivity contribution in [3.63, 3.8) is 0 Å². The van der Waals surface area contributed by atoms with Crippen molar-refractivity contribution in [2.45, 2.75) is 12.8 Å². The molecule has 82 valence electrons. The van der Waals surface area contributed by atoms with Crippen LogP contribution in [0.3, 0.4) is 0 Å². The van der Waals surface area contributed by atoms with Crippen molar-refractivity contribution in [3.8, 4) is 5.75 Å². The van der Waals surface area contributed by atoms with Gasteiger partial charge in [-0.25, -0.2) is 0 Å². The molecule has 0 aromatic heterocycles. The van der Waals surface area contributed by atoms with Crippen LogP contribution in [0.4, 0.5) is 5.69 Å². The molecule has 0 fully saturated rings. The molecule has 0 atom stereocenters. The molecular weight excluding hydrogens is 194 g/mol. The van der Waals surface area contributed by atoms with Gasteiger partial charge in [-0.3, -0.25) is 4.79 Å². The molecule has 0 amide bonds. The van der Waals surface area contributed by atoms with Gasteiger partial charge in [0.2, 0.25) is 0 Å². The Balaban J connectivity index is 2.33. The monoisotopic (exact) mass is 209 g/mol. The first-order valence-corrected chi connectivity index (χ1v) is 4.82. The maximum absolute atomic E-state index is 10.3. The fourth-order valence-electron chi connectivity index (χ4n) is 1.21. The van der Waals surface area contributed by atoms with Gasteiger partial charge in [-0.1, -0.05) is 6.07 Å². The summed E-state index contributed by atoms with van der Waals surface area (Å²) in [7, 11) is 1.61. The van der Waals surface area contributed by atoms with Crippen molar-refractivity contribution in [2.24, 2.45) is 0 Å². The van der Waals surface area contributed by atoms with Crippen LogP contribution in [0.2, 0.25) is 0 Å². The predicted octanol–water partition coefficient (Wildman–Crippen LogP) is 1.97. The highest BCUT2D eigenvalue weighted by molar-refractivity contribution is 5.66. The molecule has 0 saturated carbocycles. The van der Waals surface area contributed by atoms with E-state index in [-0.39, 0.29) is 6.42 Å². The maximum atomic E-state index is 10.3. The molecule has 2 N–H and O–H groups in total. The van der Waals surface area contributed by atoms with Crippen LogP contribution in [0, 0.1) is 0 Å². The summed E-state index contributed by atoms with van der Waals surface area (Å²) in [6.45, 7) is 0.652. The fourth-order valence-corrected chi connectivity index (χ4v) is 1.21. The largest absolute Gasteiger partial charge is 0.497 e. The third-order valence-corrected chi connectivity index (χ3v) is 1.97. The second-order valence-electron chi connectivity index (χ2n) is 3.16. The summed E-state index contributed by atoms with van der Waals surface area (Å²) in [5.74, 6) is 0.0284. The molecule has 0 spiro atoms. The summed E-state index contributed by atoms with van der Waals surface area (Å²) in [5.41, 5.74) is 0.944. The van der Waals surface area contributed by atoms with Crippen LogP contribution in [0.5, 0.6) is 5.75 Å². The molecule has 0 bridgehead atoms. The molecule has 1 rings (SSSR count). The zero-order valence-corrected chi connectivity index (χ0v) is 8.69. The van der Waals surface area contributed by atoms with Gasteiger partial charge in [0.05, 0.1) is 7.11 Å². The van der Waals surface area contributed by atoms with Gasteiger partial charge in [-0.05, 0) is 18.6 Å². The number of hydrogen-bond acceptors (Lipinski definition) is 3. The van der Waals surface area contributed by atoms with Crippen LogP contribution < -0.4 is 10.1 Å². The summed E-state index contributed by atoms with van der Waals surface area (Å²) in [4.78, 5) is 10.3. The van der Waals surface area contributed by atoms with Crippen LogP contribution in [-0.4, -0.2) is 24.7 Å². The molecule has 0 heterocycles. The number of rotatable bonds is 6. The summed E-state index contributed by atoms with van der Waals surface area (Å²) < 4.78 is 5.07. The first-order chi connectivity index (χ1) is 7.22. The van der Waals surface area contributed by atoms with Crippen molar-refractivity contribution < 1.29 is 14.6 Å². The lowest BCUT2D eigenvalue weighted by Crippen LogP contribution is -2.04. The smallest absolute Gasteiger partial charge is 0.303 e. The highest BCUT2D eigenvalue weighted by Gasteiger charge is 1.97. The quantitative estimate of drug-likeness (QED) is 0.703. The van der Waals surface area contributed by atoms with E-state index in [4.69, 9.17) is 9.84 Å². The van der Waals surface area contributed by atoms with E-state index in [1.165, 1.54) is 0 Å². The lowest BCUT2D eigenvalue weighted by atomic mass is 10.2. The molecule has 15 heavy (non-hydrogen) atoms. The van der Waals surface area contributed by atoms with Crippen molar-refractivity contribution in [1.29, 1.82) is 0 Å². The van der Waals surface area contributed by atoms with E-state index in [1.807, 2.05) is 24.3 Å². The van der Waals surface area contributed by atoms with E-state index in [0.29, 0.717) is 13.0 Å². The highest BCUT2D eigenvalue weighted by atomic mass is 16.5. The molecular formula is C11H15NO3. The Labute approximate surface area is 88.9 Å². The predicted molar refractivity (Wildman–Crippen MR) is 58.4 cm³/mol. The van der Waals surface area contributed by atoms with E-state index in [1.54, 1.807) is 7.11 Å². The average molecular weight is 209 g/mol. The first kappa shape index (κ1) is 11.4. The van der Waals surface area contributed by atoms with Crippen LogP contribution in [-0.2, 0) is 4.79 Å². The molecule has 4 nitrogen and oxygen atoms in total. The zero-order chi connectivity index (χ0) is 11.1. The number of carboxylic acid groups (broad SMARTS) is 1. The molecule has 0 unspecified atom stereocenters. The zero-order valence-electron chi connectivity index (χ0n) is 8.69. The van der Waals surface area contributed by atoms with Crippen molar-refractivity contribution in [3.05, 3.63) is 24.3 Å². The Hall–Kier alpha value is -1.71. The van der Waals surface area contributed by atoms with E-state index in [9.17, 15) is 4.79 Å². The van der Waals surface area contributed by atoms with Crippen molar-refractivity contribution in [2.75, 3.05) is 19.0 Å². The van der Waals surface area contributed by atoms with Gasteiger partial charge in [-0.2, -0.15) is 0 Å². The van der Waals surface area contributed by atoms with Crippen LogP contribution >= 0.6 is 0 Å². The van der Waals surface area contributed by atoms with E-state index in [2.05, 4.69) is 5.32 Å². The van der Waals surface area contributed by atoms with Gasteiger partial charge in [0.15, 0.2) is 0 Å². The first-order valence-electron chi connectivity index (χ1n) is 4.82. The molecule has 0 aliphatic heterocycles. The standard InChI is InChI=1S/C11H15NO3/c1-15-10-5-2-4-9(8-10)12-7-3-6-11(13)14/h2,4-5,8,12H,3,6-7H2,1H3,(H,13,14). The summed E-state index contributed by atoms with van der Waals surface area (Å²) >= 11 is 0. The van der Waals surface area contributed by atoms with E-state index in [0.717, 1.165) is 11.4 Å². The van der Waals surface area contributed by atoms with E-state index < -0.39 is 5.97 Å². The van der Waals surface area contributed by atoms with Gasteiger partial charge in [-0.15, -0.1) is 0 Å². The minimum atomic E-state index is -0.762. The number of anilines is 1. The Morgan fingerprint density at radius 1 is 1.53 bits per heavy atom. The summed E-state index contributed by atoms with van der Waals surface area (Å²) in [6.07, 6.45) is 0.809. The minimum Gasteiger partial charge on any atom is -0.497 e. The number of nitrogens with one attached hydrogen (secondary N) is 1. The number of benzene rings is 1. The lowest BCUT2D eigenvalue weighted by molar-refractivity contribution is -0.137. The van der Waals surface area contributed by atoms with Gasteiger partial charge >= 0.3 is 5.97 Å². The molecule has 1 aromatic carbocycles. The van der Waals surface area contributed by atoms with Gasteiger partial charge in [0.25, 0.3) is 0 Å². The number of methoxy groups -OCH3 is 1. The fraction of sp³-hybridized carbons (Fsp3) is 0.364. The third kappa shape index (κ3) is 4.35.